The van der Waals surface area contributed by atoms with Crippen molar-refractivity contribution >= 4 is 5.96 Å². The van der Waals surface area contributed by atoms with Crippen LogP contribution in [0.1, 0.15) is 19.4 Å². The van der Waals surface area contributed by atoms with Gasteiger partial charge in [0.1, 0.15) is 5.75 Å². The van der Waals surface area contributed by atoms with Gasteiger partial charge in [-0.15, -0.1) is 0 Å². The second-order valence-corrected chi connectivity index (χ2v) is 4.79. The Morgan fingerprint density at radius 3 is 2.67 bits per heavy atom. The van der Waals surface area contributed by atoms with Crippen molar-refractivity contribution in [2.75, 3.05) is 40.3 Å². The van der Waals surface area contributed by atoms with Crippen LogP contribution in [0.3, 0.4) is 0 Å². The number of benzene rings is 1. The van der Waals surface area contributed by atoms with Gasteiger partial charge in [0, 0.05) is 32.2 Å². The molecular formula is C16H28N4O. The summed E-state index contributed by atoms with van der Waals surface area (Å²) in [4.78, 5) is 6.49. The topological polar surface area (TPSA) is 48.9 Å². The molecule has 0 amide bonds. The average molecular weight is 292 g/mol. The first-order valence-corrected chi connectivity index (χ1v) is 7.55. The van der Waals surface area contributed by atoms with Crippen molar-refractivity contribution in [1.29, 1.82) is 0 Å². The zero-order valence-electron chi connectivity index (χ0n) is 13.6. The Bertz CT molecular complexity index is 434. The van der Waals surface area contributed by atoms with Crippen molar-refractivity contribution in [2.24, 2.45) is 4.99 Å². The van der Waals surface area contributed by atoms with Crippen LogP contribution in [-0.2, 0) is 6.54 Å². The average Bonchev–Trinajstić information content (AvgIpc) is 2.52. The Hall–Kier alpha value is -1.75. The molecule has 0 fully saturated rings. The highest BCUT2D eigenvalue weighted by molar-refractivity contribution is 5.79. The maximum absolute atomic E-state index is 5.62. The fourth-order valence-electron chi connectivity index (χ4n) is 1.87. The number of nitrogens with zero attached hydrogens (tertiary/aromatic N) is 2. The Kier molecular flexibility index (Phi) is 8.28. The van der Waals surface area contributed by atoms with Gasteiger partial charge < -0.3 is 20.3 Å². The van der Waals surface area contributed by atoms with Gasteiger partial charge in [0.25, 0.3) is 0 Å². The van der Waals surface area contributed by atoms with E-state index in [0.29, 0.717) is 13.2 Å². The molecule has 1 rings (SSSR count). The van der Waals surface area contributed by atoms with Crippen LogP contribution >= 0.6 is 0 Å². The lowest BCUT2D eigenvalue weighted by atomic mass is 10.2. The maximum atomic E-state index is 5.62. The summed E-state index contributed by atoms with van der Waals surface area (Å²) in [5.41, 5.74) is 1.13. The SMILES string of the molecule is CCOc1ccccc1CNC(=NC)NCCN(C)CC. The third-order valence-electron chi connectivity index (χ3n) is 3.27. The number of rotatable bonds is 8. The number of aliphatic imine (C=N–C) groups is 1. The van der Waals surface area contributed by atoms with Gasteiger partial charge in [-0.1, -0.05) is 25.1 Å². The lowest BCUT2D eigenvalue weighted by Crippen LogP contribution is -2.40. The van der Waals surface area contributed by atoms with Crippen LogP contribution in [0.5, 0.6) is 5.75 Å². The van der Waals surface area contributed by atoms with Crippen molar-refractivity contribution < 1.29 is 4.74 Å². The molecular weight excluding hydrogens is 264 g/mol. The van der Waals surface area contributed by atoms with Crippen LogP contribution in [0, 0.1) is 0 Å². The number of para-hydroxylation sites is 1. The van der Waals surface area contributed by atoms with E-state index in [1.54, 1.807) is 7.05 Å². The molecule has 0 saturated carbocycles. The largest absolute Gasteiger partial charge is 0.494 e. The second-order valence-electron chi connectivity index (χ2n) is 4.79. The quantitative estimate of drug-likeness (QED) is 0.565. The van der Waals surface area contributed by atoms with Crippen molar-refractivity contribution in [1.82, 2.24) is 15.5 Å². The molecule has 5 heteroatoms. The highest BCUT2D eigenvalue weighted by Gasteiger charge is 2.04. The summed E-state index contributed by atoms with van der Waals surface area (Å²) in [7, 11) is 3.89. The van der Waals surface area contributed by atoms with E-state index >= 15 is 0 Å². The first-order chi connectivity index (χ1) is 10.2. The van der Waals surface area contributed by atoms with Crippen LogP contribution < -0.4 is 15.4 Å². The number of guanidine groups is 1. The third kappa shape index (κ3) is 6.49. The van der Waals surface area contributed by atoms with Crippen molar-refractivity contribution in [3.8, 4) is 5.75 Å². The van der Waals surface area contributed by atoms with Gasteiger partial charge >= 0.3 is 0 Å². The Morgan fingerprint density at radius 1 is 1.24 bits per heavy atom. The molecule has 21 heavy (non-hydrogen) atoms. The zero-order valence-corrected chi connectivity index (χ0v) is 13.6. The maximum Gasteiger partial charge on any atom is 0.191 e. The number of hydrogen-bond donors (Lipinski definition) is 2. The van der Waals surface area contributed by atoms with E-state index in [9.17, 15) is 0 Å². The summed E-state index contributed by atoms with van der Waals surface area (Å²) in [6.45, 7) is 8.43. The minimum absolute atomic E-state index is 0.674. The van der Waals surface area contributed by atoms with Crippen molar-refractivity contribution in [2.45, 2.75) is 20.4 Å². The first kappa shape index (κ1) is 17.3. The Morgan fingerprint density at radius 2 is 2.00 bits per heavy atom. The van der Waals surface area contributed by atoms with Crippen LogP contribution in [0.25, 0.3) is 0 Å². The molecule has 0 bridgehead atoms. The van der Waals surface area contributed by atoms with Gasteiger partial charge in [0.15, 0.2) is 5.96 Å². The summed E-state index contributed by atoms with van der Waals surface area (Å²) < 4.78 is 5.62. The lowest BCUT2D eigenvalue weighted by Gasteiger charge is -2.17. The standard InChI is InChI=1S/C16H28N4O/c1-5-20(4)12-11-18-16(17-3)19-13-14-9-7-8-10-15(14)21-6-2/h7-10H,5-6,11-13H2,1-4H3,(H2,17,18,19). The monoisotopic (exact) mass is 292 g/mol. The summed E-state index contributed by atoms with van der Waals surface area (Å²) in [5.74, 6) is 1.74. The number of likely N-dealkylation sites (N-methyl/N-ethyl adjacent to an activating group) is 1. The Labute approximate surface area is 128 Å². The minimum Gasteiger partial charge on any atom is -0.494 e. The van der Waals surface area contributed by atoms with Crippen LogP contribution in [0.4, 0.5) is 0 Å². The molecule has 0 heterocycles. The van der Waals surface area contributed by atoms with Gasteiger partial charge in [0.2, 0.25) is 0 Å². The molecule has 0 aliphatic rings. The summed E-state index contributed by atoms with van der Waals surface area (Å²) in [5, 5.41) is 6.63. The summed E-state index contributed by atoms with van der Waals surface area (Å²) >= 11 is 0. The molecule has 0 unspecified atom stereocenters. The summed E-state index contributed by atoms with van der Waals surface area (Å²) in [6, 6.07) is 8.07. The summed E-state index contributed by atoms with van der Waals surface area (Å²) in [6.07, 6.45) is 0. The van der Waals surface area contributed by atoms with Gasteiger partial charge in [-0.25, -0.2) is 0 Å². The van der Waals surface area contributed by atoms with Gasteiger partial charge in [-0.05, 0) is 26.6 Å². The molecule has 2 N–H and O–H groups in total. The molecule has 0 radical (unpaired) electrons. The number of hydrogen-bond acceptors (Lipinski definition) is 3. The van der Waals surface area contributed by atoms with E-state index in [0.717, 1.165) is 36.9 Å². The molecule has 0 atom stereocenters. The fraction of sp³-hybridized carbons (Fsp3) is 0.562. The smallest absolute Gasteiger partial charge is 0.191 e. The van der Waals surface area contributed by atoms with Crippen LogP contribution in [0.15, 0.2) is 29.3 Å². The predicted molar refractivity (Wildman–Crippen MR) is 89.0 cm³/mol. The van der Waals surface area contributed by atoms with Gasteiger partial charge in [-0.3, -0.25) is 4.99 Å². The van der Waals surface area contributed by atoms with E-state index in [1.807, 2.05) is 25.1 Å². The third-order valence-corrected chi connectivity index (χ3v) is 3.27. The highest BCUT2D eigenvalue weighted by atomic mass is 16.5. The van der Waals surface area contributed by atoms with Gasteiger partial charge in [0.05, 0.1) is 6.61 Å². The molecule has 0 aromatic heterocycles. The molecule has 0 spiro atoms. The van der Waals surface area contributed by atoms with Crippen molar-refractivity contribution in [3.05, 3.63) is 29.8 Å². The molecule has 0 aliphatic carbocycles. The van der Waals surface area contributed by atoms with Crippen LogP contribution in [0.2, 0.25) is 0 Å². The second kappa shape index (κ2) is 10.0. The number of ether oxygens (including phenoxy) is 1. The van der Waals surface area contributed by atoms with Gasteiger partial charge in [-0.2, -0.15) is 0 Å². The molecule has 0 saturated heterocycles. The van der Waals surface area contributed by atoms with E-state index in [4.69, 9.17) is 4.74 Å². The Balaban J connectivity index is 2.45. The van der Waals surface area contributed by atoms with Crippen molar-refractivity contribution in [3.63, 3.8) is 0 Å². The lowest BCUT2D eigenvalue weighted by molar-refractivity contribution is 0.336. The fourth-order valence-corrected chi connectivity index (χ4v) is 1.87. The zero-order chi connectivity index (χ0) is 15.5. The number of nitrogens with one attached hydrogen (secondary N) is 2. The molecule has 1 aromatic carbocycles. The van der Waals surface area contributed by atoms with E-state index in [1.165, 1.54) is 0 Å². The molecule has 1 aromatic rings. The highest BCUT2D eigenvalue weighted by Crippen LogP contribution is 2.17. The molecule has 5 nitrogen and oxygen atoms in total. The van der Waals surface area contributed by atoms with Crippen LogP contribution in [-0.4, -0.2) is 51.2 Å². The first-order valence-electron chi connectivity index (χ1n) is 7.55. The van der Waals surface area contributed by atoms with E-state index in [2.05, 4.69) is 40.6 Å². The molecule has 118 valence electrons. The predicted octanol–water partition coefficient (Wildman–Crippen LogP) is 1.70. The minimum atomic E-state index is 0.674. The van der Waals surface area contributed by atoms with E-state index in [-0.39, 0.29) is 0 Å². The van der Waals surface area contributed by atoms with E-state index < -0.39 is 0 Å². The molecule has 0 aliphatic heterocycles. The normalized spacial score (nSPS) is 11.6.